The second-order valence-corrected chi connectivity index (χ2v) is 11.4. The van der Waals surface area contributed by atoms with Crippen LogP contribution in [0.25, 0.3) is 0 Å². The number of benzene rings is 1. The zero-order valence-corrected chi connectivity index (χ0v) is 13.9. The van der Waals surface area contributed by atoms with Crippen molar-refractivity contribution in [2.75, 3.05) is 14.1 Å². The summed E-state index contributed by atoms with van der Waals surface area (Å²) in [4.78, 5) is 13.3. The SMILES string of the molecule is CC(NCc1ccc([Si](C)(C)C)cc1)C(=O)N(C)C. The lowest BCUT2D eigenvalue weighted by molar-refractivity contribution is -0.130. The van der Waals surface area contributed by atoms with Crippen molar-refractivity contribution in [1.29, 1.82) is 0 Å². The Bertz CT molecular complexity index is 421. The third kappa shape index (κ3) is 4.80. The number of nitrogens with one attached hydrogen (secondary N) is 1. The first-order valence-electron chi connectivity index (χ1n) is 6.76. The van der Waals surface area contributed by atoms with Gasteiger partial charge >= 0.3 is 0 Å². The fourth-order valence-corrected chi connectivity index (χ4v) is 3.03. The van der Waals surface area contributed by atoms with Crippen LogP contribution in [-0.2, 0) is 11.3 Å². The molecule has 0 saturated carbocycles. The van der Waals surface area contributed by atoms with Crippen LogP contribution >= 0.6 is 0 Å². The Balaban J connectivity index is 2.58. The van der Waals surface area contributed by atoms with Crippen LogP contribution < -0.4 is 10.5 Å². The van der Waals surface area contributed by atoms with Gasteiger partial charge in [-0.2, -0.15) is 0 Å². The molecule has 1 rings (SSSR count). The molecule has 106 valence electrons. The van der Waals surface area contributed by atoms with Gasteiger partial charge in [-0.15, -0.1) is 0 Å². The minimum Gasteiger partial charge on any atom is -0.347 e. The number of nitrogens with zero attached hydrogens (tertiary/aromatic N) is 1. The maximum Gasteiger partial charge on any atom is 0.238 e. The summed E-state index contributed by atoms with van der Waals surface area (Å²) in [5.74, 6) is 0.110. The lowest BCUT2D eigenvalue weighted by Gasteiger charge is -2.19. The minimum absolute atomic E-state index is 0.110. The molecule has 1 amide bonds. The molecule has 0 fully saturated rings. The lowest BCUT2D eigenvalue weighted by Crippen LogP contribution is -2.41. The molecule has 3 nitrogen and oxygen atoms in total. The Morgan fingerprint density at radius 2 is 1.74 bits per heavy atom. The fourth-order valence-electron chi connectivity index (χ4n) is 1.87. The number of hydrogen-bond acceptors (Lipinski definition) is 2. The van der Waals surface area contributed by atoms with E-state index >= 15 is 0 Å². The normalized spacial score (nSPS) is 13.2. The molecular formula is C15H26N2OSi. The molecule has 1 aromatic carbocycles. The van der Waals surface area contributed by atoms with E-state index in [0.29, 0.717) is 0 Å². The van der Waals surface area contributed by atoms with Crippen LogP contribution in [0.3, 0.4) is 0 Å². The molecule has 0 aromatic heterocycles. The van der Waals surface area contributed by atoms with Gasteiger partial charge in [0, 0.05) is 20.6 Å². The minimum atomic E-state index is -1.22. The Labute approximate surface area is 118 Å². The van der Waals surface area contributed by atoms with Gasteiger partial charge in [0.25, 0.3) is 0 Å². The van der Waals surface area contributed by atoms with Gasteiger partial charge in [0.1, 0.15) is 0 Å². The maximum absolute atomic E-state index is 11.7. The molecule has 19 heavy (non-hydrogen) atoms. The van der Waals surface area contributed by atoms with Crippen LogP contribution in [-0.4, -0.2) is 39.0 Å². The van der Waals surface area contributed by atoms with Crippen LogP contribution in [0, 0.1) is 0 Å². The highest BCUT2D eigenvalue weighted by molar-refractivity contribution is 6.88. The van der Waals surface area contributed by atoms with Crippen LogP contribution in [0.4, 0.5) is 0 Å². The van der Waals surface area contributed by atoms with E-state index in [4.69, 9.17) is 0 Å². The number of rotatable bonds is 5. The Hall–Kier alpha value is -1.13. The maximum atomic E-state index is 11.7. The van der Waals surface area contributed by atoms with Crippen molar-refractivity contribution in [3.05, 3.63) is 29.8 Å². The lowest BCUT2D eigenvalue weighted by atomic mass is 10.2. The monoisotopic (exact) mass is 278 g/mol. The molecule has 0 heterocycles. The largest absolute Gasteiger partial charge is 0.347 e. The van der Waals surface area contributed by atoms with Crippen molar-refractivity contribution in [2.45, 2.75) is 39.2 Å². The molecule has 0 radical (unpaired) electrons. The van der Waals surface area contributed by atoms with Gasteiger partial charge in [-0.3, -0.25) is 4.79 Å². The molecule has 1 unspecified atom stereocenters. The zero-order valence-electron chi connectivity index (χ0n) is 12.9. The van der Waals surface area contributed by atoms with Gasteiger partial charge in [0.15, 0.2) is 0 Å². The van der Waals surface area contributed by atoms with Gasteiger partial charge < -0.3 is 10.2 Å². The van der Waals surface area contributed by atoms with E-state index < -0.39 is 8.07 Å². The molecule has 0 saturated heterocycles. The summed E-state index contributed by atoms with van der Waals surface area (Å²) in [6.07, 6.45) is 0. The van der Waals surface area contributed by atoms with E-state index in [1.165, 1.54) is 10.8 Å². The summed E-state index contributed by atoms with van der Waals surface area (Å²) in [7, 11) is 2.35. The summed E-state index contributed by atoms with van der Waals surface area (Å²) in [5.41, 5.74) is 1.22. The second-order valence-electron chi connectivity index (χ2n) is 6.28. The molecule has 1 atom stereocenters. The van der Waals surface area contributed by atoms with Crippen molar-refractivity contribution in [1.82, 2.24) is 10.2 Å². The Morgan fingerprint density at radius 3 is 2.16 bits per heavy atom. The van der Waals surface area contributed by atoms with Crippen molar-refractivity contribution in [3.8, 4) is 0 Å². The first-order chi connectivity index (χ1) is 8.71. The van der Waals surface area contributed by atoms with Gasteiger partial charge in [0.2, 0.25) is 5.91 Å². The number of carbonyl (C=O) groups excluding carboxylic acids is 1. The average Bonchev–Trinajstić information content (AvgIpc) is 2.34. The molecule has 0 aliphatic carbocycles. The van der Waals surface area contributed by atoms with Crippen molar-refractivity contribution in [2.24, 2.45) is 0 Å². The average molecular weight is 278 g/mol. The second kappa shape index (κ2) is 6.35. The van der Waals surface area contributed by atoms with E-state index in [0.717, 1.165) is 6.54 Å². The quantitative estimate of drug-likeness (QED) is 0.833. The predicted molar refractivity (Wildman–Crippen MR) is 84.4 cm³/mol. The van der Waals surface area contributed by atoms with Crippen LogP contribution in [0.5, 0.6) is 0 Å². The van der Waals surface area contributed by atoms with E-state index in [1.54, 1.807) is 19.0 Å². The van der Waals surface area contributed by atoms with Gasteiger partial charge in [0.05, 0.1) is 14.1 Å². The third-order valence-electron chi connectivity index (χ3n) is 3.24. The first-order valence-corrected chi connectivity index (χ1v) is 10.3. The first kappa shape index (κ1) is 15.9. The molecule has 1 N–H and O–H groups in total. The molecule has 0 spiro atoms. The highest BCUT2D eigenvalue weighted by atomic mass is 28.3. The smallest absolute Gasteiger partial charge is 0.238 e. The summed E-state index contributed by atoms with van der Waals surface area (Å²) in [6, 6.07) is 8.62. The number of amides is 1. The van der Waals surface area contributed by atoms with Crippen LogP contribution in [0.2, 0.25) is 19.6 Å². The van der Waals surface area contributed by atoms with E-state index in [9.17, 15) is 4.79 Å². The molecule has 1 aromatic rings. The van der Waals surface area contributed by atoms with Crippen molar-refractivity contribution >= 4 is 19.2 Å². The number of hydrogen-bond donors (Lipinski definition) is 1. The summed E-state index contributed by atoms with van der Waals surface area (Å²) < 4.78 is 0. The third-order valence-corrected chi connectivity index (χ3v) is 5.31. The molecule has 4 heteroatoms. The summed E-state index contributed by atoms with van der Waals surface area (Å²) >= 11 is 0. The highest BCUT2D eigenvalue weighted by Gasteiger charge is 2.16. The Kier molecular flexibility index (Phi) is 5.32. The topological polar surface area (TPSA) is 32.3 Å². The van der Waals surface area contributed by atoms with Crippen LogP contribution in [0.1, 0.15) is 12.5 Å². The fraction of sp³-hybridized carbons (Fsp3) is 0.533. The summed E-state index contributed by atoms with van der Waals surface area (Å²) in [6.45, 7) is 9.67. The number of likely N-dealkylation sites (N-methyl/N-ethyl adjacent to an activating group) is 1. The number of carbonyl (C=O) groups is 1. The van der Waals surface area contributed by atoms with Crippen LogP contribution in [0.15, 0.2) is 24.3 Å². The van der Waals surface area contributed by atoms with E-state index in [1.807, 2.05) is 6.92 Å². The zero-order chi connectivity index (χ0) is 14.6. The summed E-state index contributed by atoms with van der Waals surface area (Å²) in [5, 5.41) is 4.72. The van der Waals surface area contributed by atoms with E-state index in [2.05, 4.69) is 49.2 Å². The van der Waals surface area contributed by atoms with Gasteiger partial charge in [-0.1, -0.05) is 49.1 Å². The Morgan fingerprint density at radius 1 is 1.21 bits per heavy atom. The van der Waals surface area contributed by atoms with Gasteiger partial charge in [-0.05, 0) is 12.5 Å². The van der Waals surface area contributed by atoms with E-state index in [-0.39, 0.29) is 11.9 Å². The molecule has 0 aliphatic heterocycles. The molecule has 0 aliphatic rings. The highest BCUT2D eigenvalue weighted by Crippen LogP contribution is 2.05. The standard InChI is InChI=1S/C15H26N2OSi/c1-12(15(18)17(2)3)16-11-13-7-9-14(10-8-13)19(4,5)6/h7-10,12,16H,11H2,1-6H3. The molecule has 0 bridgehead atoms. The molecular weight excluding hydrogens is 252 g/mol. The van der Waals surface area contributed by atoms with Gasteiger partial charge in [-0.25, -0.2) is 0 Å². The van der Waals surface area contributed by atoms with Crippen molar-refractivity contribution in [3.63, 3.8) is 0 Å². The van der Waals surface area contributed by atoms with Crippen molar-refractivity contribution < 1.29 is 4.79 Å². The predicted octanol–water partition coefficient (Wildman–Crippen LogP) is 1.80.